The molecule has 3 aromatic rings. The van der Waals surface area contributed by atoms with E-state index in [1.807, 2.05) is 18.2 Å². The monoisotopic (exact) mass is 509 g/mol. The average molecular weight is 510 g/mol. The molecule has 3 aromatic carbocycles. The molecule has 3 saturated heterocycles. The van der Waals surface area contributed by atoms with Crippen molar-refractivity contribution in [1.82, 2.24) is 25.3 Å². The minimum atomic E-state index is -0.0213. The van der Waals surface area contributed by atoms with E-state index in [0.717, 1.165) is 63.5 Å². The van der Waals surface area contributed by atoms with Gasteiger partial charge in [0.15, 0.2) is 0 Å². The van der Waals surface area contributed by atoms with Gasteiger partial charge in [-0.1, -0.05) is 48.5 Å². The normalized spacial score (nSPS) is 22.1. The number of rotatable bonds is 8. The van der Waals surface area contributed by atoms with Gasteiger partial charge in [0.25, 0.3) is 5.91 Å². The van der Waals surface area contributed by atoms with Gasteiger partial charge in [0.05, 0.1) is 0 Å². The fourth-order valence-electron chi connectivity index (χ4n) is 6.14. The second-order valence-corrected chi connectivity index (χ2v) is 11.3. The number of nitrogens with zero attached hydrogens (tertiary/aromatic N) is 3. The highest BCUT2D eigenvalue weighted by atomic mass is 16.1. The molecular weight excluding hydrogens is 470 g/mol. The van der Waals surface area contributed by atoms with Crippen molar-refractivity contribution in [2.24, 2.45) is 0 Å². The Bertz CT molecular complexity index is 1270. The lowest BCUT2D eigenvalue weighted by Gasteiger charge is -2.32. The van der Waals surface area contributed by atoms with Gasteiger partial charge in [-0.25, -0.2) is 0 Å². The largest absolute Gasteiger partial charge is 0.348 e. The summed E-state index contributed by atoms with van der Waals surface area (Å²) in [5, 5.41) is 6.72. The Morgan fingerprint density at radius 3 is 2.26 bits per heavy atom. The van der Waals surface area contributed by atoms with E-state index in [9.17, 15) is 4.79 Å². The molecular formula is C32H39N5O. The van der Waals surface area contributed by atoms with Crippen LogP contribution in [0.2, 0.25) is 0 Å². The maximum Gasteiger partial charge on any atom is 0.251 e. The molecule has 0 aliphatic carbocycles. The first-order chi connectivity index (χ1) is 18.6. The number of amides is 1. The number of carbonyl (C=O) groups excluding carboxylic acids is 1. The van der Waals surface area contributed by atoms with Crippen molar-refractivity contribution < 1.29 is 4.79 Å². The summed E-state index contributed by atoms with van der Waals surface area (Å²) in [7, 11) is 2.17. The summed E-state index contributed by atoms with van der Waals surface area (Å²) in [6.45, 7) is 9.04. The summed E-state index contributed by atoms with van der Waals surface area (Å²) in [4.78, 5) is 20.4. The first kappa shape index (κ1) is 25.3. The summed E-state index contributed by atoms with van der Waals surface area (Å²) in [6.07, 6.45) is 1.29. The highest BCUT2D eigenvalue weighted by Gasteiger charge is 2.37. The van der Waals surface area contributed by atoms with Crippen molar-refractivity contribution in [3.8, 4) is 11.1 Å². The van der Waals surface area contributed by atoms with Crippen LogP contribution in [0.3, 0.4) is 0 Å². The van der Waals surface area contributed by atoms with Gasteiger partial charge in [-0.15, -0.1) is 0 Å². The predicted molar refractivity (Wildman–Crippen MR) is 153 cm³/mol. The maximum absolute atomic E-state index is 13.0. The molecule has 0 radical (unpaired) electrons. The Balaban J connectivity index is 1.06. The molecule has 3 fully saturated rings. The third kappa shape index (κ3) is 6.00. The van der Waals surface area contributed by atoms with E-state index in [4.69, 9.17) is 0 Å². The minimum Gasteiger partial charge on any atom is -0.348 e. The number of likely N-dealkylation sites (N-methyl/N-ethyl adjacent to an activating group) is 1. The van der Waals surface area contributed by atoms with Crippen LogP contribution in [0.25, 0.3) is 11.1 Å². The molecule has 6 heteroatoms. The molecule has 3 heterocycles. The van der Waals surface area contributed by atoms with Crippen molar-refractivity contribution in [3.05, 3.63) is 95.1 Å². The highest BCUT2D eigenvalue weighted by Crippen LogP contribution is 2.27. The quantitative estimate of drug-likeness (QED) is 0.486. The molecule has 3 aliphatic rings. The molecule has 3 aliphatic heterocycles. The molecule has 2 bridgehead atoms. The molecule has 1 amide bonds. The van der Waals surface area contributed by atoms with E-state index in [0.29, 0.717) is 18.6 Å². The zero-order valence-corrected chi connectivity index (χ0v) is 22.4. The topological polar surface area (TPSA) is 50.9 Å². The van der Waals surface area contributed by atoms with Gasteiger partial charge in [-0.2, -0.15) is 0 Å². The van der Waals surface area contributed by atoms with Crippen LogP contribution >= 0.6 is 0 Å². The Labute approximate surface area is 226 Å². The fraction of sp³-hybridized carbons (Fsp3) is 0.406. The molecule has 2 N–H and O–H groups in total. The van der Waals surface area contributed by atoms with E-state index in [1.165, 1.54) is 28.7 Å². The van der Waals surface area contributed by atoms with Crippen molar-refractivity contribution in [2.45, 2.75) is 38.1 Å². The van der Waals surface area contributed by atoms with Gasteiger partial charge in [0.1, 0.15) is 0 Å². The minimum absolute atomic E-state index is 0.0213. The zero-order valence-electron chi connectivity index (χ0n) is 22.4. The highest BCUT2D eigenvalue weighted by molar-refractivity contribution is 5.94. The fourth-order valence-corrected chi connectivity index (χ4v) is 6.14. The molecule has 0 saturated carbocycles. The van der Waals surface area contributed by atoms with E-state index in [1.54, 1.807) is 0 Å². The molecule has 2 atom stereocenters. The number of nitrogens with one attached hydrogen (secondary N) is 2. The summed E-state index contributed by atoms with van der Waals surface area (Å²) in [6, 6.07) is 26.9. The Morgan fingerprint density at radius 2 is 1.55 bits per heavy atom. The van der Waals surface area contributed by atoms with Gasteiger partial charge in [0, 0.05) is 76.5 Å². The maximum atomic E-state index is 13.0. The van der Waals surface area contributed by atoms with Crippen LogP contribution in [0.15, 0.2) is 72.8 Å². The number of benzene rings is 3. The van der Waals surface area contributed by atoms with Crippen LogP contribution < -0.4 is 10.6 Å². The van der Waals surface area contributed by atoms with Gasteiger partial charge >= 0.3 is 0 Å². The number of hydrogen-bond donors (Lipinski definition) is 2. The summed E-state index contributed by atoms with van der Waals surface area (Å²) in [5.74, 6) is -0.0213. The standard InChI is InChI=1S/C32H39N5O/c1-35-11-13-36(14-12-35)21-25-6-4-10-29(17-25)32(38)34-19-24-5-2-8-27(15-24)28-9-3-7-26(16-28)22-37-23-30-18-31(37)20-33-30/h2-10,15-17,30-31,33H,11-14,18-23H2,1H3,(H,34,38)/t30-,31-/m0/s1. The molecule has 6 rings (SSSR count). The number of likely N-dealkylation sites (tertiary alicyclic amines) is 1. The van der Waals surface area contributed by atoms with Gasteiger partial charge in [0.2, 0.25) is 0 Å². The average Bonchev–Trinajstić information content (AvgIpc) is 3.57. The van der Waals surface area contributed by atoms with Gasteiger partial charge < -0.3 is 15.5 Å². The number of carbonyl (C=O) groups is 1. The molecule has 38 heavy (non-hydrogen) atoms. The lowest BCUT2D eigenvalue weighted by molar-refractivity contribution is 0.0950. The molecule has 0 unspecified atom stereocenters. The second-order valence-electron chi connectivity index (χ2n) is 11.3. The third-order valence-electron chi connectivity index (χ3n) is 8.39. The molecule has 0 spiro atoms. The van der Waals surface area contributed by atoms with Crippen molar-refractivity contribution >= 4 is 5.91 Å². The number of hydrogen-bond acceptors (Lipinski definition) is 5. The molecule has 6 nitrogen and oxygen atoms in total. The smallest absolute Gasteiger partial charge is 0.251 e. The summed E-state index contributed by atoms with van der Waals surface area (Å²) in [5.41, 5.74) is 6.82. The van der Waals surface area contributed by atoms with Gasteiger partial charge in [-0.05, 0) is 65.6 Å². The van der Waals surface area contributed by atoms with Crippen molar-refractivity contribution in [1.29, 1.82) is 0 Å². The SMILES string of the molecule is CN1CCN(Cc2cccc(C(=O)NCc3cccc(-c4cccc(CN5C[C@@H]6C[C@H]5CN6)c4)c3)c2)CC1. The predicted octanol–water partition coefficient (Wildman–Crippen LogP) is 3.58. The summed E-state index contributed by atoms with van der Waals surface area (Å²) >= 11 is 0. The zero-order chi connectivity index (χ0) is 25.9. The first-order valence-corrected chi connectivity index (χ1v) is 14.0. The Kier molecular flexibility index (Phi) is 7.56. The van der Waals surface area contributed by atoms with E-state index in [-0.39, 0.29) is 5.91 Å². The number of piperazine rings is 2. The first-order valence-electron chi connectivity index (χ1n) is 14.0. The van der Waals surface area contributed by atoms with E-state index in [2.05, 4.69) is 87.0 Å². The van der Waals surface area contributed by atoms with Crippen LogP contribution in [0.1, 0.15) is 33.5 Å². The molecule has 0 aromatic heterocycles. The Hall–Kier alpha value is -3.03. The third-order valence-corrected chi connectivity index (χ3v) is 8.39. The van der Waals surface area contributed by atoms with E-state index >= 15 is 0 Å². The Morgan fingerprint density at radius 1 is 0.868 bits per heavy atom. The van der Waals surface area contributed by atoms with Gasteiger partial charge in [-0.3, -0.25) is 14.6 Å². The molecule has 198 valence electrons. The summed E-state index contributed by atoms with van der Waals surface area (Å²) < 4.78 is 0. The number of fused-ring (bicyclic) bond motifs is 2. The lowest BCUT2D eigenvalue weighted by Crippen LogP contribution is -2.43. The van der Waals surface area contributed by atoms with Crippen LogP contribution in [0.5, 0.6) is 0 Å². The van der Waals surface area contributed by atoms with Crippen LogP contribution in [0, 0.1) is 0 Å². The second kappa shape index (κ2) is 11.4. The van der Waals surface area contributed by atoms with Crippen LogP contribution in [0.4, 0.5) is 0 Å². The lowest BCUT2D eigenvalue weighted by atomic mass is 10.0. The van der Waals surface area contributed by atoms with Crippen LogP contribution in [-0.2, 0) is 19.6 Å². The van der Waals surface area contributed by atoms with Crippen LogP contribution in [-0.4, -0.2) is 79.0 Å². The van der Waals surface area contributed by atoms with E-state index < -0.39 is 0 Å². The van der Waals surface area contributed by atoms with Crippen molar-refractivity contribution in [3.63, 3.8) is 0 Å². The van der Waals surface area contributed by atoms with Crippen molar-refractivity contribution in [2.75, 3.05) is 46.3 Å².